The van der Waals surface area contributed by atoms with Gasteiger partial charge in [0, 0.05) is 11.0 Å². The molecule has 0 aliphatic carbocycles. The van der Waals surface area contributed by atoms with E-state index in [0.29, 0.717) is 19.7 Å². The van der Waals surface area contributed by atoms with Crippen LogP contribution in [-0.4, -0.2) is 17.5 Å². The summed E-state index contributed by atoms with van der Waals surface area (Å²) in [7, 11) is 0. The minimum Gasteiger partial charge on any atom is -0.445 e. The number of nitrogens with zero attached hydrogens (tertiary/aromatic N) is 1. The third-order valence-electron chi connectivity index (χ3n) is 3.16. The minimum atomic E-state index is -0.294. The molecule has 1 amide bonds. The monoisotopic (exact) mass is 347 g/mol. The summed E-state index contributed by atoms with van der Waals surface area (Å²) in [4.78, 5) is 13.8. The summed E-state index contributed by atoms with van der Waals surface area (Å²) in [5.41, 5.74) is 2.05. The normalized spacial score (nSPS) is 10.2. The Morgan fingerprint density at radius 1 is 1.10 bits per heavy atom. The molecule has 0 atom stereocenters. The molecule has 2 rings (SSSR count). The van der Waals surface area contributed by atoms with Crippen LogP contribution in [0, 0.1) is 0 Å². The van der Waals surface area contributed by atoms with E-state index in [-0.39, 0.29) is 6.09 Å². The van der Waals surface area contributed by atoms with E-state index in [2.05, 4.69) is 15.9 Å². The molecule has 0 saturated carbocycles. The van der Waals surface area contributed by atoms with Crippen LogP contribution in [0.2, 0.25) is 0 Å². The quantitative estimate of drug-likeness (QED) is 0.790. The fourth-order valence-electron chi connectivity index (χ4n) is 1.95. The van der Waals surface area contributed by atoms with E-state index in [0.717, 1.165) is 15.6 Å². The van der Waals surface area contributed by atoms with Gasteiger partial charge < -0.3 is 9.64 Å². The summed E-state index contributed by atoms with van der Waals surface area (Å²) in [6, 6.07) is 17.6. The number of rotatable bonds is 5. The van der Waals surface area contributed by atoms with E-state index in [1.54, 1.807) is 4.90 Å². The molecule has 0 unspecified atom stereocenters. The molecule has 0 aliphatic rings. The second kappa shape index (κ2) is 7.84. The Morgan fingerprint density at radius 3 is 2.43 bits per heavy atom. The van der Waals surface area contributed by atoms with Crippen molar-refractivity contribution in [1.82, 2.24) is 4.90 Å². The van der Waals surface area contributed by atoms with E-state index in [1.165, 1.54) is 0 Å². The van der Waals surface area contributed by atoms with Crippen molar-refractivity contribution in [2.24, 2.45) is 0 Å². The number of hydrogen-bond acceptors (Lipinski definition) is 2. The third-order valence-corrected chi connectivity index (χ3v) is 3.94. The Morgan fingerprint density at radius 2 is 1.76 bits per heavy atom. The predicted octanol–water partition coefficient (Wildman–Crippen LogP) is 4.61. The average molecular weight is 348 g/mol. The fraction of sp³-hybridized carbons (Fsp3) is 0.235. The lowest BCUT2D eigenvalue weighted by Gasteiger charge is -2.21. The van der Waals surface area contributed by atoms with Crippen LogP contribution in [0.25, 0.3) is 0 Å². The van der Waals surface area contributed by atoms with E-state index in [4.69, 9.17) is 4.74 Å². The highest BCUT2D eigenvalue weighted by molar-refractivity contribution is 9.10. The van der Waals surface area contributed by atoms with Crippen LogP contribution < -0.4 is 0 Å². The molecule has 0 bridgehead atoms. The molecule has 0 saturated heterocycles. The molecule has 4 heteroatoms. The maximum atomic E-state index is 12.2. The first-order chi connectivity index (χ1) is 10.2. The largest absolute Gasteiger partial charge is 0.445 e. The van der Waals surface area contributed by atoms with Gasteiger partial charge in [0.05, 0.1) is 6.54 Å². The van der Waals surface area contributed by atoms with Crippen LogP contribution in [0.4, 0.5) is 4.79 Å². The fourth-order valence-corrected chi connectivity index (χ4v) is 2.36. The Balaban J connectivity index is 1.94. The summed E-state index contributed by atoms with van der Waals surface area (Å²) >= 11 is 3.50. The van der Waals surface area contributed by atoms with Crippen molar-refractivity contribution in [2.75, 3.05) is 6.54 Å². The smallest absolute Gasteiger partial charge is 0.410 e. The first kappa shape index (κ1) is 15.6. The zero-order chi connectivity index (χ0) is 15.1. The Labute approximate surface area is 133 Å². The van der Waals surface area contributed by atoms with E-state index in [1.807, 2.05) is 61.5 Å². The lowest BCUT2D eigenvalue weighted by molar-refractivity contribution is 0.0956. The zero-order valence-corrected chi connectivity index (χ0v) is 13.5. The van der Waals surface area contributed by atoms with E-state index < -0.39 is 0 Å². The minimum absolute atomic E-state index is 0.294. The molecule has 0 aromatic heterocycles. The van der Waals surface area contributed by atoms with Crippen LogP contribution in [0.1, 0.15) is 18.1 Å². The molecular weight excluding hydrogens is 330 g/mol. The molecule has 0 radical (unpaired) electrons. The van der Waals surface area contributed by atoms with Gasteiger partial charge in [0.15, 0.2) is 0 Å². The number of halogens is 1. The number of ether oxygens (including phenoxy) is 1. The summed E-state index contributed by atoms with van der Waals surface area (Å²) < 4.78 is 6.36. The van der Waals surface area contributed by atoms with Gasteiger partial charge in [-0.3, -0.25) is 0 Å². The first-order valence-corrected chi connectivity index (χ1v) is 7.69. The molecule has 110 valence electrons. The molecule has 2 aromatic rings. The Bertz CT molecular complexity index is 586. The lowest BCUT2D eigenvalue weighted by atomic mass is 10.2. The summed E-state index contributed by atoms with van der Waals surface area (Å²) in [5, 5.41) is 0. The van der Waals surface area contributed by atoms with Gasteiger partial charge in [-0.15, -0.1) is 0 Å². The van der Waals surface area contributed by atoms with Crippen LogP contribution in [-0.2, 0) is 17.9 Å². The second-order valence-corrected chi connectivity index (χ2v) is 5.50. The van der Waals surface area contributed by atoms with Crippen LogP contribution in [0.3, 0.4) is 0 Å². The molecule has 0 aliphatic heterocycles. The number of carbonyl (C=O) groups is 1. The van der Waals surface area contributed by atoms with Crippen molar-refractivity contribution in [2.45, 2.75) is 20.1 Å². The van der Waals surface area contributed by atoms with Gasteiger partial charge in [-0.2, -0.15) is 0 Å². The highest BCUT2D eigenvalue weighted by atomic mass is 79.9. The van der Waals surface area contributed by atoms with Gasteiger partial charge in [-0.25, -0.2) is 4.79 Å². The number of carbonyl (C=O) groups excluding carboxylic acids is 1. The predicted molar refractivity (Wildman–Crippen MR) is 86.9 cm³/mol. The number of hydrogen-bond donors (Lipinski definition) is 0. The highest BCUT2D eigenvalue weighted by Gasteiger charge is 2.14. The molecule has 21 heavy (non-hydrogen) atoms. The standard InChI is InChI=1S/C17H18BrNO2/c1-2-19(12-15-10-6-7-11-16(15)18)17(20)21-13-14-8-4-3-5-9-14/h3-11H,2,12-13H2,1H3. The number of benzene rings is 2. The van der Waals surface area contributed by atoms with Crippen LogP contribution >= 0.6 is 15.9 Å². The zero-order valence-electron chi connectivity index (χ0n) is 12.0. The first-order valence-electron chi connectivity index (χ1n) is 6.89. The van der Waals surface area contributed by atoms with Gasteiger partial charge in [-0.1, -0.05) is 64.5 Å². The highest BCUT2D eigenvalue weighted by Crippen LogP contribution is 2.18. The molecule has 3 nitrogen and oxygen atoms in total. The second-order valence-electron chi connectivity index (χ2n) is 4.65. The SMILES string of the molecule is CCN(Cc1ccccc1Br)C(=O)OCc1ccccc1. The van der Waals surface area contributed by atoms with E-state index in [9.17, 15) is 4.79 Å². The summed E-state index contributed by atoms with van der Waals surface area (Å²) in [6.07, 6.45) is -0.294. The van der Waals surface area contributed by atoms with Crippen LogP contribution in [0.15, 0.2) is 59.1 Å². The lowest BCUT2D eigenvalue weighted by Crippen LogP contribution is -2.30. The number of amides is 1. The molecule has 0 heterocycles. The molecule has 0 spiro atoms. The Kier molecular flexibility index (Phi) is 5.81. The van der Waals surface area contributed by atoms with Crippen molar-refractivity contribution in [1.29, 1.82) is 0 Å². The van der Waals surface area contributed by atoms with Crippen molar-refractivity contribution >= 4 is 22.0 Å². The van der Waals surface area contributed by atoms with Gasteiger partial charge in [-0.05, 0) is 24.1 Å². The van der Waals surface area contributed by atoms with Crippen LogP contribution in [0.5, 0.6) is 0 Å². The van der Waals surface area contributed by atoms with Crippen molar-refractivity contribution in [3.63, 3.8) is 0 Å². The molecule has 2 aromatic carbocycles. The topological polar surface area (TPSA) is 29.5 Å². The average Bonchev–Trinajstić information content (AvgIpc) is 2.53. The van der Waals surface area contributed by atoms with Gasteiger partial charge in [0.2, 0.25) is 0 Å². The Hall–Kier alpha value is -1.81. The van der Waals surface area contributed by atoms with E-state index >= 15 is 0 Å². The van der Waals surface area contributed by atoms with Crippen molar-refractivity contribution < 1.29 is 9.53 Å². The maximum absolute atomic E-state index is 12.2. The van der Waals surface area contributed by atoms with Gasteiger partial charge in [0.25, 0.3) is 0 Å². The molecular formula is C17H18BrNO2. The maximum Gasteiger partial charge on any atom is 0.410 e. The summed E-state index contributed by atoms with van der Waals surface area (Å²) in [6.45, 7) is 3.38. The molecule has 0 N–H and O–H groups in total. The third kappa shape index (κ3) is 4.60. The van der Waals surface area contributed by atoms with Crippen molar-refractivity contribution in [3.05, 3.63) is 70.2 Å². The molecule has 0 fully saturated rings. The van der Waals surface area contributed by atoms with Gasteiger partial charge >= 0.3 is 6.09 Å². The van der Waals surface area contributed by atoms with Crippen molar-refractivity contribution in [3.8, 4) is 0 Å². The summed E-state index contributed by atoms with van der Waals surface area (Å²) in [5.74, 6) is 0. The van der Waals surface area contributed by atoms with Gasteiger partial charge in [0.1, 0.15) is 6.61 Å².